The summed E-state index contributed by atoms with van der Waals surface area (Å²) in [5, 5.41) is 11.1. The van der Waals surface area contributed by atoms with Crippen LogP contribution in [0.25, 0.3) is 0 Å². The van der Waals surface area contributed by atoms with E-state index in [9.17, 15) is 23.3 Å². The SMILES string of the molecule is CS(=O)(=O)c1ccc(OCC(=O)N2CCOCC2)c([N+](=O)[O-])c1. The monoisotopic (exact) mass is 344 g/mol. The van der Waals surface area contributed by atoms with E-state index in [-0.39, 0.29) is 23.2 Å². The van der Waals surface area contributed by atoms with Gasteiger partial charge in [-0.2, -0.15) is 0 Å². The van der Waals surface area contributed by atoms with E-state index in [2.05, 4.69) is 0 Å². The minimum atomic E-state index is -3.57. The molecule has 10 heteroatoms. The van der Waals surface area contributed by atoms with Gasteiger partial charge in [-0.25, -0.2) is 8.42 Å². The molecular formula is C13H16N2O7S. The lowest BCUT2D eigenvalue weighted by Crippen LogP contribution is -2.43. The van der Waals surface area contributed by atoms with E-state index in [0.717, 1.165) is 12.3 Å². The van der Waals surface area contributed by atoms with Crippen LogP contribution in [0, 0.1) is 10.1 Å². The highest BCUT2D eigenvalue weighted by Gasteiger charge is 2.22. The van der Waals surface area contributed by atoms with Gasteiger partial charge in [0.25, 0.3) is 5.91 Å². The van der Waals surface area contributed by atoms with Gasteiger partial charge < -0.3 is 14.4 Å². The Morgan fingerprint density at radius 1 is 1.39 bits per heavy atom. The molecule has 23 heavy (non-hydrogen) atoms. The van der Waals surface area contributed by atoms with Crippen LogP contribution in [0.5, 0.6) is 5.75 Å². The summed E-state index contributed by atoms with van der Waals surface area (Å²) in [7, 11) is -3.57. The number of nitrogens with zero attached hydrogens (tertiary/aromatic N) is 2. The molecule has 0 N–H and O–H groups in total. The summed E-state index contributed by atoms with van der Waals surface area (Å²) in [5.74, 6) is -0.459. The maximum atomic E-state index is 12.0. The molecule has 0 atom stereocenters. The van der Waals surface area contributed by atoms with Gasteiger partial charge in [-0.3, -0.25) is 14.9 Å². The smallest absolute Gasteiger partial charge is 0.312 e. The van der Waals surface area contributed by atoms with E-state index in [1.165, 1.54) is 12.1 Å². The van der Waals surface area contributed by atoms with Crippen LogP contribution in [-0.4, -0.2) is 63.3 Å². The van der Waals surface area contributed by atoms with Crippen LogP contribution >= 0.6 is 0 Å². The highest BCUT2D eigenvalue weighted by atomic mass is 32.2. The molecular weight excluding hydrogens is 328 g/mol. The molecule has 0 aliphatic carbocycles. The topological polar surface area (TPSA) is 116 Å². The van der Waals surface area contributed by atoms with Crippen molar-refractivity contribution >= 4 is 21.4 Å². The molecule has 0 saturated carbocycles. The second kappa shape index (κ2) is 6.92. The Morgan fingerprint density at radius 3 is 2.61 bits per heavy atom. The van der Waals surface area contributed by atoms with E-state index < -0.39 is 20.4 Å². The zero-order valence-electron chi connectivity index (χ0n) is 12.4. The predicted molar refractivity (Wildman–Crippen MR) is 79.1 cm³/mol. The number of amides is 1. The van der Waals surface area contributed by atoms with Gasteiger partial charge in [0.2, 0.25) is 0 Å². The zero-order chi connectivity index (χ0) is 17.0. The van der Waals surface area contributed by atoms with Gasteiger partial charge in [-0.1, -0.05) is 0 Å². The number of nitro groups is 1. The molecule has 0 bridgehead atoms. The average Bonchev–Trinajstić information content (AvgIpc) is 2.52. The fourth-order valence-electron chi connectivity index (χ4n) is 2.04. The van der Waals surface area contributed by atoms with Crippen molar-refractivity contribution in [1.29, 1.82) is 0 Å². The van der Waals surface area contributed by atoms with Crippen molar-refractivity contribution in [3.63, 3.8) is 0 Å². The summed E-state index contributed by atoms with van der Waals surface area (Å²) < 4.78 is 33.3. The van der Waals surface area contributed by atoms with Crippen molar-refractivity contribution in [2.75, 3.05) is 39.2 Å². The van der Waals surface area contributed by atoms with E-state index in [0.29, 0.717) is 26.3 Å². The third kappa shape index (κ3) is 4.39. The number of morpholine rings is 1. The molecule has 1 aliphatic heterocycles. The van der Waals surface area contributed by atoms with Crippen LogP contribution in [0.4, 0.5) is 5.69 Å². The third-order valence-corrected chi connectivity index (χ3v) is 4.38. The lowest BCUT2D eigenvalue weighted by molar-refractivity contribution is -0.386. The second-order valence-electron chi connectivity index (χ2n) is 4.94. The van der Waals surface area contributed by atoms with Gasteiger partial charge in [-0.15, -0.1) is 0 Å². The molecule has 2 rings (SSSR count). The Morgan fingerprint density at radius 2 is 2.04 bits per heavy atom. The molecule has 0 aromatic heterocycles. The standard InChI is InChI=1S/C13H16N2O7S/c1-23(19,20)10-2-3-12(11(8-10)15(17)18)22-9-13(16)14-4-6-21-7-5-14/h2-3,8H,4-7,9H2,1H3. The Bertz CT molecular complexity index is 711. The fraction of sp³-hybridized carbons (Fsp3) is 0.462. The number of hydrogen-bond acceptors (Lipinski definition) is 7. The summed E-state index contributed by atoms with van der Waals surface area (Å²) in [4.78, 5) is 23.6. The number of carbonyl (C=O) groups is 1. The fourth-order valence-corrected chi connectivity index (χ4v) is 2.68. The van der Waals surface area contributed by atoms with E-state index in [4.69, 9.17) is 9.47 Å². The average molecular weight is 344 g/mol. The molecule has 1 fully saturated rings. The summed E-state index contributed by atoms with van der Waals surface area (Å²) in [5.41, 5.74) is -0.497. The van der Waals surface area contributed by atoms with Gasteiger partial charge in [-0.05, 0) is 12.1 Å². The summed E-state index contributed by atoms with van der Waals surface area (Å²) in [6.45, 7) is 1.40. The molecule has 1 amide bonds. The van der Waals surface area contributed by atoms with Gasteiger partial charge in [0, 0.05) is 25.4 Å². The number of benzene rings is 1. The molecule has 0 spiro atoms. The number of nitro benzene ring substituents is 1. The van der Waals surface area contributed by atoms with Crippen LogP contribution in [0.2, 0.25) is 0 Å². The van der Waals surface area contributed by atoms with Gasteiger partial charge >= 0.3 is 5.69 Å². The Hall–Kier alpha value is -2.20. The quantitative estimate of drug-likeness (QED) is 0.554. The van der Waals surface area contributed by atoms with Crippen LogP contribution in [0.3, 0.4) is 0 Å². The van der Waals surface area contributed by atoms with Crippen molar-refractivity contribution in [3.05, 3.63) is 28.3 Å². The molecule has 126 valence electrons. The van der Waals surface area contributed by atoms with Gasteiger partial charge in [0.1, 0.15) is 0 Å². The van der Waals surface area contributed by atoms with Crippen LogP contribution < -0.4 is 4.74 Å². The molecule has 0 unspecified atom stereocenters. The Kier molecular flexibility index (Phi) is 5.16. The molecule has 0 radical (unpaired) electrons. The van der Waals surface area contributed by atoms with Crippen molar-refractivity contribution in [3.8, 4) is 5.75 Å². The molecule has 1 heterocycles. The first-order valence-electron chi connectivity index (χ1n) is 6.76. The zero-order valence-corrected chi connectivity index (χ0v) is 13.2. The van der Waals surface area contributed by atoms with Gasteiger partial charge in [0.05, 0.1) is 23.0 Å². The predicted octanol–water partition coefficient (Wildman–Crippen LogP) is 0.236. The lowest BCUT2D eigenvalue weighted by atomic mass is 10.3. The number of carbonyl (C=O) groups excluding carboxylic acids is 1. The minimum absolute atomic E-state index is 0.149. The van der Waals surface area contributed by atoms with Crippen molar-refractivity contribution < 1.29 is 27.6 Å². The Balaban J connectivity index is 2.13. The van der Waals surface area contributed by atoms with Crippen LogP contribution in [0.15, 0.2) is 23.1 Å². The first kappa shape index (κ1) is 17.2. The van der Waals surface area contributed by atoms with E-state index in [1.807, 2.05) is 0 Å². The first-order valence-corrected chi connectivity index (χ1v) is 8.65. The summed E-state index contributed by atoms with van der Waals surface area (Å²) in [6.07, 6.45) is 0.953. The normalized spacial score (nSPS) is 15.3. The maximum absolute atomic E-state index is 12.0. The molecule has 1 aromatic rings. The summed E-state index contributed by atoms with van der Waals surface area (Å²) in [6, 6.07) is 3.31. The highest BCUT2D eigenvalue weighted by molar-refractivity contribution is 7.90. The Labute approximate surface area is 132 Å². The molecule has 1 saturated heterocycles. The second-order valence-corrected chi connectivity index (χ2v) is 6.96. The van der Waals surface area contributed by atoms with Crippen molar-refractivity contribution in [1.82, 2.24) is 4.90 Å². The van der Waals surface area contributed by atoms with Crippen molar-refractivity contribution in [2.24, 2.45) is 0 Å². The number of sulfone groups is 1. The van der Waals surface area contributed by atoms with Crippen LogP contribution in [0.1, 0.15) is 0 Å². The first-order chi connectivity index (χ1) is 10.8. The highest BCUT2D eigenvalue weighted by Crippen LogP contribution is 2.29. The van der Waals surface area contributed by atoms with E-state index >= 15 is 0 Å². The third-order valence-electron chi connectivity index (χ3n) is 3.27. The number of rotatable bonds is 5. The van der Waals surface area contributed by atoms with Gasteiger partial charge in [0.15, 0.2) is 22.2 Å². The van der Waals surface area contributed by atoms with Crippen molar-refractivity contribution in [2.45, 2.75) is 4.90 Å². The number of hydrogen-bond donors (Lipinski definition) is 0. The maximum Gasteiger partial charge on any atom is 0.312 e. The number of ether oxygens (including phenoxy) is 2. The largest absolute Gasteiger partial charge is 0.477 e. The molecule has 1 aliphatic rings. The summed E-state index contributed by atoms with van der Waals surface area (Å²) >= 11 is 0. The lowest BCUT2D eigenvalue weighted by Gasteiger charge is -2.26. The molecule has 1 aromatic carbocycles. The molecule has 9 nitrogen and oxygen atoms in total. The van der Waals surface area contributed by atoms with E-state index in [1.54, 1.807) is 4.90 Å². The minimum Gasteiger partial charge on any atom is -0.477 e. The van der Waals surface area contributed by atoms with Crippen LogP contribution in [-0.2, 0) is 19.4 Å².